The van der Waals surface area contributed by atoms with E-state index in [0.29, 0.717) is 23.1 Å². The first-order chi connectivity index (χ1) is 18.4. The van der Waals surface area contributed by atoms with Gasteiger partial charge in [0.05, 0.1) is 17.6 Å². The molecule has 1 saturated heterocycles. The number of carbonyl (C=O) groups excluding carboxylic acids is 3. The third kappa shape index (κ3) is 7.51. The van der Waals surface area contributed by atoms with Crippen LogP contribution in [0.25, 0.3) is 6.08 Å². The molecule has 0 aliphatic carbocycles. The minimum Gasteiger partial charge on any atom is -0.487 e. The Morgan fingerprint density at radius 3 is 2.33 bits per heavy atom. The number of halogens is 6. The summed E-state index contributed by atoms with van der Waals surface area (Å²) in [7, 11) is 0. The highest BCUT2D eigenvalue weighted by Crippen LogP contribution is 2.35. The second-order valence-corrected chi connectivity index (χ2v) is 11.4. The molecule has 202 valence electrons. The minimum absolute atomic E-state index is 0.0958. The maximum atomic E-state index is 13.1. The van der Waals surface area contributed by atoms with Crippen molar-refractivity contribution in [1.29, 1.82) is 0 Å². The van der Waals surface area contributed by atoms with E-state index in [9.17, 15) is 31.9 Å². The van der Waals surface area contributed by atoms with E-state index in [2.05, 4.69) is 50.5 Å². The number of hydrogen-bond donors (Lipinski definition) is 1. The average molecular weight is 782 g/mol. The third-order valence-electron chi connectivity index (χ3n) is 5.26. The number of amides is 3. The number of nitrogens with one attached hydrogen (secondary N) is 1. The van der Waals surface area contributed by atoms with Crippen LogP contribution in [0.4, 0.5) is 28.0 Å². The van der Waals surface area contributed by atoms with Crippen LogP contribution in [0.5, 0.6) is 5.75 Å². The second-order valence-electron chi connectivity index (χ2n) is 8.12. The number of hydrogen-bond acceptors (Lipinski definition) is 5. The number of ether oxygens (including phenoxy) is 1. The molecule has 6 nitrogen and oxygen atoms in total. The highest BCUT2D eigenvalue weighted by Gasteiger charge is 2.36. The van der Waals surface area contributed by atoms with Gasteiger partial charge in [0.1, 0.15) is 24.7 Å². The maximum Gasteiger partial charge on any atom is 0.416 e. The Kier molecular flexibility index (Phi) is 9.21. The molecular weight excluding hydrogens is 766 g/mol. The van der Waals surface area contributed by atoms with Gasteiger partial charge in [-0.2, -0.15) is 13.2 Å². The largest absolute Gasteiger partial charge is 0.487 e. The maximum absolute atomic E-state index is 13.1. The summed E-state index contributed by atoms with van der Waals surface area (Å²) in [6.45, 7) is -0.420. The first-order valence-electron chi connectivity index (χ1n) is 11.0. The predicted molar refractivity (Wildman–Crippen MR) is 155 cm³/mol. The molecule has 13 heteroatoms. The topological polar surface area (TPSA) is 75.7 Å². The molecule has 0 saturated carbocycles. The molecule has 1 N–H and O–H groups in total. The summed E-state index contributed by atoms with van der Waals surface area (Å²) in [5.74, 6) is -1.24. The summed E-state index contributed by atoms with van der Waals surface area (Å²) in [6.07, 6.45) is -3.07. The summed E-state index contributed by atoms with van der Waals surface area (Å²) < 4.78 is 59.2. The van der Waals surface area contributed by atoms with Crippen LogP contribution in [-0.2, 0) is 22.4 Å². The first kappa shape index (κ1) is 29.3. The molecule has 3 aromatic rings. The summed E-state index contributed by atoms with van der Waals surface area (Å²) in [5, 5.41) is 1.61. The Labute approximate surface area is 251 Å². The molecule has 0 spiro atoms. The normalized spacial score (nSPS) is 14.7. The summed E-state index contributed by atoms with van der Waals surface area (Å²) in [5.41, 5.74) is 0.364. The lowest BCUT2D eigenvalue weighted by molar-refractivity contribution is -0.137. The van der Waals surface area contributed by atoms with Crippen LogP contribution < -0.4 is 10.1 Å². The number of imide groups is 1. The van der Waals surface area contributed by atoms with Crippen molar-refractivity contribution in [3.63, 3.8) is 0 Å². The number of nitrogens with zero attached hydrogens (tertiary/aromatic N) is 1. The fourth-order valence-corrected chi connectivity index (χ4v) is 6.41. The van der Waals surface area contributed by atoms with E-state index in [4.69, 9.17) is 4.74 Å². The van der Waals surface area contributed by atoms with E-state index < -0.39 is 35.3 Å². The van der Waals surface area contributed by atoms with Gasteiger partial charge in [-0.1, -0.05) is 18.2 Å². The molecule has 1 aliphatic rings. The number of thioether (sulfide) groups is 1. The summed E-state index contributed by atoms with van der Waals surface area (Å²) in [4.78, 5) is 38.5. The number of rotatable bonds is 7. The highest BCUT2D eigenvalue weighted by atomic mass is 127. The smallest absolute Gasteiger partial charge is 0.416 e. The molecule has 0 unspecified atom stereocenters. The lowest BCUT2D eigenvalue weighted by atomic mass is 10.2. The molecule has 0 bridgehead atoms. The van der Waals surface area contributed by atoms with Crippen molar-refractivity contribution in [2.45, 2.75) is 12.8 Å². The van der Waals surface area contributed by atoms with Crippen LogP contribution in [-0.4, -0.2) is 28.5 Å². The molecular formula is C26H16F4I2N2O4S. The number of benzene rings is 3. The van der Waals surface area contributed by atoms with Gasteiger partial charge in [-0.15, -0.1) is 0 Å². The number of alkyl halides is 3. The quantitative estimate of drug-likeness (QED) is 0.155. The Bertz CT molecular complexity index is 1460. The zero-order valence-electron chi connectivity index (χ0n) is 19.5. The van der Waals surface area contributed by atoms with Crippen LogP contribution in [0.1, 0.15) is 16.7 Å². The van der Waals surface area contributed by atoms with Gasteiger partial charge in [0.15, 0.2) is 0 Å². The second kappa shape index (κ2) is 12.2. The zero-order chi connectivity index (χ0) is 28.3. The van der Waals surface area contributed by atoms with Crippen LogP contribution >= 0.6 is 56.9 Å². The molecule has 1 heterocycles. The molecule has 1 fully saturated rings. The van der Waals surface area contributed by atoms with E-state index in [-0.39, 0.29) is 23.0 Å². The van der Waals surface area contributed by atoms with E-state index in [1.165, 1.54) is 24.3 Å². The van der Waals surface area contributed by atoms with E-state index in [1.54, 1.807) is 24.3 Å². The predicted octanol–water partition coefficient (Wildman–Crippen LogP) is 7.31. The standard InChI is InChI=1S/C26H16F4I2N2O4S/c27-17-6-4-14(5-7-17)13-38-23-19(31)8-15(9-20(23)32)10-21-24(36)34(25(37)39-21)12-22(35)33-18-3-1-2-16(11-18)26(28,29)30/h1-11H,12-13H2,(H,33,35)/b21-10-. The van der Waals surface area contributed by atoms with Gasteiger partial charge >= 0.3 is 6.18 Å². The van der Waals surface area contributed by atoms with Crippen LogP contribution in [0, 0.1) is 13.0 Å². The van der Waals surface area contributed by atoms with Crippen LogP contribution in [0.15, 0.2) is 65.6 Å². The van der Waals surface area contributed by atoms with Crippen LogP contribution in [0.2, 0.25) is 0 Å². The molecule has 0 atom stereocenters. The van der Waals surface area contributed by atoms with Crippen molar-refractivity contribution in [1.82, 2.24) is 4.90 Å². The molecule has 3 aromatic carbocycles. The van der Waals surface area contributed by atoms with Crippen molar-refractivity contribution in [3.05, 3.63) is 95.2 Å². The fraction of sp³-hybridized carbons (Fsp3) is 0.115. The van der Waals surface area contributed by atoms with Gasteiger partial charge in [0, 0.05) is 5.69 Å². The first-order valence-corrected chi connectivity index (χ1v) is 14.0. The van der Waals surface area contributed by atoms with Gasteiger partial charge in [0.25, 0.3) is 11.1 Å². The van der Waals surface area contributed by atoms with Gasteiger partial charge in [-0.05, 0) is 117 Å². The molecule has 0 aromatic heterocycles. The summed E-state index contributed by atoms with van der Waals surface area (Å²) >= 11 is 4.82. The van der Waals surface area contributed by atoms with Gasteiger partial charge in [0.2, 0.25) is 5.91 Å². The summed E-state index contributed by atoms with van der Waals surface area (Å²) in [6, 6.07) is 13.5. The molecule has 1 aliphatic heterocycles. The lowest BCUT2D eigenvalue weighted by Crippen LogP contribution is -2.36. The monoisotopic (exact) mass is 782 g/mol. The van der Waals surface area contributed by atoms with Crippen molar-refractivity contribution in [2.75, 3.05) is 11.9 Å². The fourth-order valence-electron chi connectivity index (χ4n) is 3.44. The van der Waals surface area contributed by atoms with Crippen molar-refractivity contribution in [3.8, 4) is 5.75 Å². The molecule has 4 rings (SSSR count). The Morgan fingerprint density at radius 1 is 1.03 bits per heavy atom. The highest BCUT2D eigenvalue weighted by molar-refractivity contribution is 14.1. The zero-order valence-corrected chi connectivity index (χ0v) is 24.7. The van der Waals surface area contributed by atoms with E-state index in [0.717, 1.165) is 35.8 Å². The lowest BCUT2D eigenvalue weighted by Gasteiger charge is -2.13. The Morgan fingerprint density at radius 2 is 1.69 bits per heavy atom. The van der Waals surface area contributed by atoms with E-state index >= 15 is 0 Å². The Hall–Kier alpha value is -2.66. The Balaban J connectivity index is 1.42. The molecule has 0 radical (unpaired) electrons. The number of carbonyl (C=O) groups is 3. The van der Waals surface area contributed by atoms with Crippen molar-refractivity contribution < 1.29 is 36.7 Å². The molecule has 3 amide bonds. The average Bonchev–Trinajstić information content (AvgIpc) is 3.11. The van der Waals surface area contributed by atoms with E-state index in [1.807, 2.05) is 0 Å². The minimum atomic E-state index is -4.58. The van der Waals surface area contributed by atoms with Gasteiger partial charge in [-0.25, -0.2) is 4.39 Å². The SMILES string of the molecule is O=C(CN1C(=O)S/C(=C\c2cc(I)c(OCc3ccc(F)cc3)c(I)c2)C1=O)Nc1cccc(C(F)(F)F)c1. The molecule has 39 heavy (non-hydrogen) atoms. The number of anilines is 1. The third-order valence-corrected chi connectivity index (χ3v) is 7.77. The van der Waals surface area contributed by atoms with Crippen molar-refractivity contribution >= 4 is 85.8 Å². The van der Waals surface area contributed by atoms with Gasteiger partial charge < -0.3 is 10.1 Å². The van der Waals surface area contributed by atoms with Gasteiger partial charge in [-0.3, -0.25) is 19.3 Å². The van der Waals surface area contributed by atoms with Crippen LogP contribution in [0.3, 0.4) is 0 Å². The van der Waals surface area contributed by atoms with Crippen molar-refractivity contribution in [2.24, 2.45) is 0 Å².